The highest BCUT2D eigenvalue weighted by Crippen LogP contribution is 2.22. The van der Waals surface area contributed by atoms with Crippen molar-refractivity contribution in [3.8, 4) is 11.5 Å². The Hall–Kier alpha value is -4.34. The van der Waals surface area contributed by atoms with Gasteiger partial charge in [-0.1, -0.05) is 48.0 Å². The summed E-state index contributed by atoms with van der Waals surface area (Å²) in [6, 6.07) is 17.9. The number of anilines is 2. The van der Waals surface area contributed by atoms with Crippen molar-refractivity contribution < 1.29 is 23.9 Å². The first-order valence-electron chi connectivity index (χ1n) is 10.8. The number of ether oxygens (including phenoxy) is 2. The molecule has 0 spiro atoms. The van der Waals surface area contributed by atoms with Gasteiger partial charge >= 0.3 is 11.8 Å². The fourth-order valence-electron chi connectivity index (χ4n) is 2.87. The highest BCUT2D eigenvalue weighted by Gasteiger charge is 2.13. The van der Waals surface area contributed by atoms with Gasteiger partial charge in [0.15, 0.2) is 6.61 Å². The molecule has 3 aromatic rings. The van der Waals surface area contributed by atoms with Crippen molar-refractivity contribution >= 4 is 58.5 Å². The van der Waals surface area contributed by atoms with Crippen LogP contribution in [0.5, 0.6) is 11.5 Å². The summed E-state index contributed by atoms with van der Waals surface area (Å²) in [7, 11) is 0. The molecule has 0 aromatic heterocycles. The normalized spacial score (nSPS) is 10.4. The number of nitrogens with zero attached hydrogens (tertiary/aromatic N) is 1. The zero-order valence-electron chi connectivity index (χ0n) is 19.4. The van der Waals surface area contributed by atoms with E-state index in [1.807, 2.05) is 0 Å². The average molecular weight is 541 g/mol. The molecule has 3 aromatic carbocycles. The molecule has 9 nitrogen and oxygen atoms in total. The molecule has 0 radical (unpaired) electrons. The summed E-state index contributed by atoms with van der Waals surface area (Å²) < 4.78 is 10.9. The van der Waals surface area contributed by atoms with E-state index in [0.717, 1.165) is 0 Å². The molecule has 190 valence electrons. The standard InChI is InChI=1S/C26H22Cl2N4O5/c1-2-11-36-22-9-7-20(8-10-22)31-25(34)26(35)32-29-15-17-5-3-4-6-23(17)37-16-24(33)30-21-13-18(27)12-19(28)14-21/h2-10,12-15H,1,11,16H2,(H,30,33)(H,31,34)(H,32,35)/b29-15-. The summed E-state index contributed by atoms with van der Waals surface area (Å²) in [5.41, 5.74) is 3.46. The monoisotopic (exact) mass is 540 g/mol. The van der Waals surface area contributed by atoms with E-state index in [9.17, 15) is 14.4 Å². The topological polar surface area (TPSA) is 118 Å². The summed E-state index contributed by atoms with van der Waals surface area (Å²) in [6.45, 7) is 3.62. The van der Waals surface area contributed by atoms with E-state index >= 15 is 0 Å². The molecule has 0 bridgehead atoms. The Morgan fingerprint density at radius 3 is 2.27 bits per heavy atom. The zero-order valence-corrected chi connectivity index (χ0v) is 20.9. The van der Waals surface area contributed by atoms with Crippen molar-refractivity contribution in [2.45, 2.75) is 0 Å². The van der Waals surface area contributed by atoms with Crippen LogP contribution < -0.4 is 25.5 Å². The van der Waals surface area contributed by atoms with Gasteiger partial charge in [0.25, 0.3) is 5.91 Å². The number of hydrogen-bond donors (Lipinski definition) is 3. The van der Waals surface area contributed by atoms with Crippen LogP contribution in [0.2, 0.25) is 10.0 Å². The Bertz CT molecular complexity index is 1290. The molecule has 37 heavy (non-hydrogen) atoms. The highest BCUT2D eigenvalue weighted by atomic mass is 35.5. The van der Waals surface area contributed by atoms with Crippen molar-refractivity contribution in [2.75, 3.05) is 23.8 Å². The Kier molecular flexibility index (Phi) is 10.1. The average Bonchev–Trinajstić information content (AvgIpc) is 2.87. The number of hydrogen-bond acceptors (Lipinski definition) is 6. The van der Waals surface area contributed by atoms with Gasteiger partial charge in [0.1, 0.15) is 18.1 Å². The molecular weight excluding hydrogens is 519 g/mol. The Morgan fingerprint density at radius 1 is 0.865 bits per heavy atom. The molecule has 0 saturated carbocycles. The summed E-state index contributed by atoms with van der Waals surface area (Å²) in [6.07, 6.45) is 2.90. The van der Waals surface area contributed by atoms with Crippen LogP contribution in [0.4, 0.5) is 11.4 Å². The van der Waals surface area contributed by atoms with Gasteiger partial charge in [0.05, 0.1) is 6.21 Å². The first-order valence-corrected chi connectivity index (χ1v) is 11.6. The van der Waals surface area contributed by atoms with Gasteiger partial charge in [-0.3, -0.25) is 14.4 Å². The lowest BCUT2D eigenvalue weighted by Gasteiger charge is -2.10. The number of nitrogens with one attached hydrogen (secondary N) is 3. The SMILES string of the molecule is C=CCOc1ccc(NC(=O)C(=O)N/N=C\c2ccccc2OCC(=O)Nc2cc(Cl)cc(Cl)c2)cc1. The molecule has 3 N–H and O–H groups in total. The summed E-state index contributed by atoms with van der Waals surface area (Å²) in [5, 5.41) is 9.66. The number of rotatable bonds is 10. The lowest BCUT2D eigenvalue weighted by molar-refractivity contribution is -0.136. The zero-order chi connectivity index (χ0) is 26.6. The first-order chi connectivity index (χ1) is 17.8. The van der Waals surface area contributed by atoms with Gasteiger partial charge in [0, 0.05) is 27.0 Å². The minimum absolute atomic E-state index is 0.304. The molecule has 3 amide bonds. The molecule has 3 rings (SSSR count). The first kappa shape index (κ1) is 27.3. The van der Waals surface area contributed by atoms with Crippen molar-refractivity contribution in [3.05, 3.63) is 95.0 Å². The molecule has 0 aliphatic rings. The van der Waals surface area contributed by atoms with Crippen LogP contribution in [-0.2, 0) is 14.4 Å². The summed E-state index contributed by atoms with van der Waals surface area (Å²) in [5.74, 6) is -1.38. The third kappa shape index (κ3) is 8.99. The fourth-order valence-corrected chi connectivity index (χ4v) is 3.40. The Balaban J connectivity index is 1.51. The maximum absolute atomic E-state index is 12.2. The summed E-state index contributed by atoms with van der Waals surface area (Å²) >= 11 is 11.9. The predicted octanol–water partition coefficient (Wildman–Crippen LogP) is 4.66. The number of hydrazone groups is 1. The molecule has 0 unspecified atom stereocenters. The number of carbonyl (C=O) groups is 3. The van der Waals surface area contributed by atoms with Gasteiger partial charge in [-0.15, -0.1) is 0 Å². The third-order valence-electron chi connectivity index (χ3n) is 4.48. The van der Waals surface area contributed by atoms with Crippen LogP contribution in [0, 0.1) is 0 Å². The maximum Gasteiger partial charge on any atom is 0.329 e. The molecule has 0 atom stereocenters. The van der Waals surface area contributed by atoms with Gasteiger partial charge in [0.2, 0.25) is 0 Å². The molecule has 0 fully saturated rings. The Morgan fingerprint density at radius 2 is 1.57 bits per heavy atom. The lowest BCUT2D eigenvalue weighted by Crippen LogP contribution is -2.32. The Labute approximate surface area is 223 Å². The van der Waals surface area contributed by atoms with Gasteiger partial charge in [-0.2, -0.15) is 5.10 Å². The third-order valence-corrected chi connectivity index (χ3v) is 4.92. The number of benzene rings is 3. The van der Waals surface area contributed by atoms with Gasteiger partial charge in [-0.25, -0.2) is 5.43 Å². The number of amides is 3. The van der Waals surface area contributed by atoms with Crippen LogP contribution in [0.25, 0.3) is 0 Å². The van der Waals surface area contributed by atoms with Crippen molar-refractivity contribution in [2.24, 2.45) is 5.10 Å². The highest BCUT2D eigenvalue weighted by molar-refractivity contribution is 6.39. The smallest absolute Gasteiger partial charge is 0.329 e. The van der Waals surface area contributed by atoms with Crippen LogP contribution in [-0.4, -0.2) is 37.1 Å². The maximum atomic E-state index is 12.2. The van der Waals surface area contributed by atoms with Crippen LogP contribution >= 0.6 is 23.2 Å². The van der Waals surface area contributed by atoms with E-state index in [4.69, 9.17) is 32.7 Å². The second-order valence-electron chi connectivity index (χ2n) is 7.31. The number of halogens is 2. The lowest BCUT2D eigenvalue weighted by atomic mass is 10.2. The molecule has 0 aliphatic carbocycles. The second kappa shape index (κ2) is 13.7. The van der Waals surface area contributed by atoms with E-state index in [1.54, 1.807) is 72.8 Å². The quantitative estimate of drug-likeness (QED) is 0.149. The van der Waals surface area contributed by atoms with Gasteiger partial charge in [-0.05, 0) is 54.6 Å². The molecule has 0 heterocycles. The van der Waals surface area contributed by atoms with Crippen LogP contribution in [0.15, 0.2) is 84.5 Å². The van der Waals surface area contributed by atoms with Crippen molar-refractivity contribution in [1.29, 1.82) is 0 Å². The van der Waals surface area contributed by atoms with Crippen molar-refractivity contribution in [3.63, 3.8) is 0 Å². The largest absolute Gasteiger partial charge is 0.490 e. The van der Waals surface area contributed by atoms with E-state index in [0.29, 0.717) is 45.1 Å². The van der Waals surface area contributed by atoms with E-state index < -0.39 is 17.7 Å². The summed E-state index contributed by atoms with van der Waals surface area (Å²) in [4.78, 5) is 36.5. The predicted molar refractivity (Wildman–Crippen MR) is 144 cm³/mol. The van der Waals surface area contributed by atoms with Crippen LogP contribution in [0.3, 0.4) is 0 Å². The second-order valence-corrected chi connectivity index (χ2v) is 8.18. The van der Waals surface area contributed by atoms with E-state index in [-0.39, 0.29) is 6.61 Å². The molecular formula is C26H22Cl2N4O5. The van der Waals surface area contributed by atoms with Crippen LogP contribution in [0.1, 0.15) is 5.56 Å². The minimum Gasteiger partial charge on any atom is -0.490 e. The van der Waals surface area contributed by atoms with Crippen molar-refractivity contribution in [1.82, 2.24) is 5.43 Å². The number of carbonyl (C=O) groups excluding carboxylic acids is 3. The molecule has 11 heteroatoms. The fraction of sp³-hybridized carbons (Fsp3) is 0.0769. The van der Waals surface area contributed by atoms with Gasteiger partial charge < -0.3 is 20.1 Å². The molecule has 0 aliphatic heterocycles. The minimum atomic E-state index is -0.971. The number of para-hydroxylation sites is 1. The van der Waals surface area contributed by atoms with E-state index in [1.165, 1.54) is 6.21 Å². The molecule has 0 saturated heterocycles. The van der Waals surface area contributed by atoms with E-state index in [2.05, 4.69) is 27.7 Å².